The monoisotopic (exact) mass is 373 g/mol. The third-order valence-corrected chi connectivity index (χ3v) is 5.05. The van der Waals surface area contributed by atoms with Crippen LogP contribution in [-0.4, -0.2) is 28.6 Å². The number of aliphatic hydroxyl groups is 1. The summed E-state index contributed by atoms with van der Waals surface area (Å²) in [6.45, 7) is 0.0445. The van der Waals surface area contributed by atoms with E-state index in [0.717, 1.165) is 4.90 Å². The van der Waals surface area contributed by atoms with Crippen molar-refractivity contribution in [3.8, 4) is 11.5 Å². The molecule has 1 atom stereocenters. The number of amides is 2. The molecule has 3 aromatic carbocycles. The van der Waals surface area contributed by atoms with E-state index in [-0.39, 0.29) is 17.9 Å². The van der Waals surface area contributed by atoms with Crippen LogP contribution in [0.25, 0.3) is 0 Å². The first-order valence-electron chi connectivity index (χ1n) is 8.76. The number of imide groups is 1. The number of ether oxygens (including phenoxy) is 2. The summed E-state index contributed by atoms with van der Waals surface area (Å²) in [5, 5.41) is 11.8. The average Bonchev–Trinajstić information content (AvgIpc) is 3.29. The van der Waals surface area contributed by atoms with Gasteiger partial charge in [0, 0.05) is 16.7 Å². The van der Waals surface area contributed by atoms with Crippen LogP contribution in [0.4, 0.5) is 0 Å². The Kier molecular flexibility index (Phi) is 3.50. The van der Waals surface area contributed by atoms with Gasteiger partial charge in [0.15, 0.2) is 11.5 Å². The highest BCUT2D eigenvalue weighted by Gasteiger charge is 2.54. The molecule has 0 radical (unpaired) electrons. The van der Waals surface area contributed by atoms with Crippen molar-refractivity contribution in [3.05, 3.63) is 95.1 Å². The maximum absolute atomic E-state index is 13.3. The number of carbonyl (C=O) groups excluding carboxylic acids is 2. The van der Waals surface area contributed by atoms with Gasteiger partial charge in [-0.2, -0.15) is 0 Å². The summed E-state index contributed by atoms with van der Waals surface area (Å²) in [5.74, 6) is -0.338. The summed E-state index contributed by atoms with van der Waals surface area (Å²) < 4.78 is 10.8. The molecule has 1 N–H and O–H groups in total. The van der Waals surface area contributed by atoms with Crippen molar-refractivity contribution in [3.63, 3.8) is 0 Å². The predicted octanol–water partition coefficient (Wildman–Crippen LogP) is 2.90. The number of hydrogen-bond acceptors (Lipinski definition) is 5. The van der Waals surface area contributed by atoms with Crippen LogP contribution in [-0.2, 0) is 5.72 Å². The highest BCUT2D eigenvalue weighted by molar-refractivity contribution is 6.14. The molecule has 2 aliphatic heterocycles. The van der Waals surface area contributed by atoms with Crippen LogP contribution < -0.4 is 9.47 Å². The minimum atomic E-state index is -1.96. The van der Waals surface area contributed by atoms with Crippen LogP contribution in [0.3, 0.4) is 0 Å². The second kappa shape index (κ2) is 5.94. The number of hydrogen-bond donors (Lipinski definition) is 1. The highest BCUT2D eigenvalue weighted by atomic mass is 16.7. The molecule has 2 aliphatic rings. The van der Waals surface area contributed by atoms with Gasteiger partial charge < -0.3 is 14.6 Å². The third-order valence-electron chi connectivity index (χ3n) is 5.05. The molecular formula is C22H15NO5. The standard InChI is InChI=1S/C22H15NO5/c24-20(14-7-3-1-4-8-14)23-21(25)16-11-18-19(28-13-27-18)12-17(16)22(23,26)15-9-5-2-6-10-15/h1-12,26H,13H2. The van der Waals surface area contributed by atoms with E-state index in [1.807, 2.05) is 0 Å². The first-order valence-corrected chi connectivity index (χ1v) is 8.76. The molecule has 28 heavy (non-hydrogen) atoms. The maximum Gasteiger partial charge on any atom is 0.264 e. The van der Waals surface area contributed by atoms with Crippen LogP contribution in [0.1, 0.15) is 31.8 Å². The molecule has 138 valence electrons. The van der Waals surface area contributed by atoms with E-state index >= 15 is 0 Å². The minimum absolute atomic E-state index is 0.0445. The molecule has 0 saturated heterocycles. The fourth-order valence-electron chi connectivity index (χ4n) is 3.70. The SMILES string of the molecule is O=C(c1ccccc1)N1C(=O)c2cc3c(cc2C1(O)c1ccccc1)OCO3. The predicted molar refractivity (Wildman–Crippen MR) is 98.9 cm³/mol. The van der Waals surface area contributed by atoms with Gasteiger partial charge in [-0.1, -0.05) is 48.5 Å². The summed E-state index contributed by atoms with van der Waals surface area (Å²) in [6.07, 6.45) is 0. The van der Waals surface area contributed by atoms with Crippen molar-refractivity contribution >= 4 is 11.8 Å². The van der Waals surface area contributed by atoms with E-state index in [9.17, 15) is 14.7 Å². The summed E-state index contributed by atoms with van der Waals surface area (Å²) in [6, 6.07) is 20.1. The number of carbonyl (C=O) groups is 2. The Bertz CT molecular complexity index is 1100. The van der Waals surface area contributed by atoms with Crippen molar-refractivity contribution < 1.29 is 24.2 Å². The topological polar surface area (TPSA) is 76.1 Å². The van der Waals surface area contributed by atoms with Gasteiger partial charge >= 0.3 is 0 Å². The Labute approximate surface area is 160 Å². The van der Waals surface area contributed by atoms with E-state index < -0.39 is 17.5 Å². The number of rotatable bonds is 2. The molecule has 2 amide bonds. The van der Waals surface area contributed by atoms with Gasteiger partial charge in [-0.3, -0.25) is 9.59 Å². The van der Waals surface area contributed by atoms with Crippen molar-refractivity contribution in [2.24, 2.45) is 0 Å². The van der Waals surface area contributed by atoms with Crippen molar-refractivity contribution in [2.45, 2.75) is 5.72 Å². The molecule has 0 aliphatic carbocycles. The fraction of sp³-hybridized carbons (Fsp3) is 0.0909. The van der Waals surface area contributed by atoms with E-state index in [4.69, 9.17) is 9.47 Å². The van der Waals surface area contributed by atoms with Crippen LogP contribution in [0.5, 0.6) is 11.5 Å². The van der Waals surface area contributed by atoms with Gasteiger partial charge in [-0.05, 0) is 24.3 Å². The van der Waals surface area contributed by atoms with Gasteiger partial charge in [-0.25, -0.2) is 4.90 Å². The lowest BCUT2D eigenvalue weighted by Gasteiger charge is -2.33. The van der Waals surface area contributed by atoms with Crippen LogP contribution >= 0.6 is 0 Å². The molecule has 0 saturated carbocycles. The Morgan fingerprint density at radius 3 is 2.21 bits per heavy atom. The zero-order valence-corrected chi connectivity index (χ0v) is 14.7. The summed E-state index contributed by atoms with van der Waals surface area (Å²) >= 11 is 0. The second-order valence-corrected chi connectivity index (χ2v) is 6.60. The normalized spacial score (nSPS) is 19.6. The van der Waals surface area contributed by atoms with Crippen LogP contribution in [0, 0.1) is 0 Å². The zero-order chi connectivity index (χ0) is 19.3. The lowest BCUT2D eigenvalue weighted by atomic mass is 9.93. The van der Waals surface area contributed by atoms with E-state index in [1.165, 1.54) is 6.07 Å². The van der Waals surface area contributed by atoms with Gasteiger partial charge in [0.25, 0.3) is 11.8 Å². The minimum Gasteiger partial charge on any atom is -0.454 e. The Morgan fingerprint density at radius 1 is 0.929 bits per heavy atom. The van der Waals surface area contributed by atoms with Crippen molar-refractivity contribution in [1.82, 2.24) is 4.90 Å². The first-order chi connectivity index (χ1) is 13.6. The number of benzene rings is 3. The molecule has 0 spiro atoms. The van der Waals surface area contributed by atoms with Gasteiger partial charge in [-0.15, -0.1) is 0 Å². The molecule has 3 aromatic rings. The van der Waals surface area contributed by atoms with Crippen molar-refractivity contribution in [2.75, 3.05) is 6.79 Å². The number of fused-ring (bicyclic) bond motifs is 2. The smallest absolute Gasteiger partial charge is 0.264 e. The van der Waals surface area contributed by atoms with Crippen LogP contribution in [0.2, 0.25) is 0 Å². The quantitative estimate of drug-likeness (QED) is 0.699. The molecule has 6 nitrogen and oxygen atoms in total. The first kappa shape index (κ1) is 16.5. The van der Waals surface area contributed by atoms with E-state index in [0.29, 0.717) is 22.6 Å². The third kappa shape index (κ3) is 2.18. The second-order valence-electron chi connectivity index (χ2n) is 6.60. The maximum atomic E-state index is 13.3. The lowest BCUT2D eigenvalue weighted by Crippen LogP contribution is -2.48. The molecule has 0 bridgehead atoms. The molecule has 1 unspecified atom stereocenters. The lowest BCUT2D eigenvalue weighted by molar-refractivity contribution is -0.0363. The number of nitrogens with zero attached hydrogens (tertiary/aromatic N) is 1. The van der Waals surface area contributed by atoms with Crippen molar-refractivity contribution in [1.29, 1.82) is 0 Å². The highest BCUT2D eigenvalue weighted by Crippen LogP contribution is 2.47. The summed E-state index contributed by atoms with van der Waals surface area (Å²) in [7, 11) is 0. The van der Waals surface area contributed by atoms with Crippen LogP contribution in [0.15, 0.2) is 72.8 Å². The Balaban J connectivity index is 1.74. The molecule has 0 fully saturated rings. The van der Waals surface area contributed by atoms with Gasteiger partial charge in [0.05, 0.1) is 5.56 Å². The molecule has 2 heterocycles. The largest absolute Gasteiger partial charge is 0.454 e. The zero-order valence-electron chi connectivity index (χ0n) is 14.7. The molecular weight excluding hydrogens is 358 g/mol. The average molecular weight is 373 g/mol. The summed E-state index contributed by atoms with van der Waals surface area (Å²) in [5.41, 5.74) is -0.748. The summed E-state index contributed by atoms with van der Waals surface area (Å²) in [4.78, 5) is 27.4. The Hall–Kier alpha value is -3.64. The Morgan fingerprint density at radius 2 is 1.54 bits per heavy atom. The van der Waals surface area contributed by atoms with E-state index in [2.05, 4.69) is 0 Å². The van der Waals surface area contributed by atoms with Gasteiger partial charge in [0.2, 0.25) is 12.5 Å². The van der Waals surface area contributed by atoms with E-state index in [1.54, 1.807) is 66.7 Å². The molecule has 5 rings (SSSR count). The molecule has 6 heteroatoms. The molecule has 0 aromatic heterocycles. The van der Waals surface area contributed by atoms with Gasteiger partial charge in [0.1, 0.15) is 0 Å². The fourth-order valence-corrected chi connectivity index (χ4v) is 3.70.